The Morgan fingerprint density at radius 2 is 2.12 bits per heavy atom. The molecule has 4 aliphatic heterocycles. The highest BCUT2D eigenvalue weighted by Crippen LogP contribution is 2.41. The van der Waals surface area contributed by atoms with Crippen molar-refractivity contribution in [3.8, 4) is 5.75 Å². The highest BCUT2D eigenvalue weighted by molar-refractivity contribution is 6.32. The minimum Gasteiger partial charge on any atom is -0.495 e. The molecule has 26 heavy (non-hydrogen) atoms. The Labute approximate surface area is 157 Å². The van der Waals surface area contributed by atoms with Crippen LogP contribution in [0, 0.1) is 5.92 Å². The first-order valence-electron chi connectivity index (χ1n) is 9.01. The Balaban J connectivity index is 1.35. The molecule has 1 aromatic carbocycles. The number of fused-ring (bicyclic) bond motifs is 3. The fourth-order valence-corrected chi connectivity index (χ4v) is 4.68. The number of hydrogen-bond acceptors (Lipinski definition) is 6. The number of hydrogen-bond donors (Lipinski definition) is 1. The summed E-state index contributed by atoms with van der Waals surface area (Å²) in [5.74, 6) is 1.96. The lowest BCUT2D eigenvalue weighted by molar-refractivity contribution is -0.0829. The van der Waals surface area contributed by atoms with Crippen molar-refractivity contribution in [1.82, 2.24) is 9.88 Å². The van der Waals surface area contributed by atoms with E-state index in [2.05, 4.69) is 20.2 Å². The molecule has 1 spiro atoms. The van der Waals surface area contributed by atoms with Gasteiger partial charge in [0.05, 0.1) is 18.7 Å². The van der Waals surface area contributed by atoms with Gasteiger partial charge in [-0.2, -0.15) is 0 Å². The minimum atomic E-state index is -0.146. The van der Waals surface area contributed by atoms with Crippen LogP contribution in [-0.4, -0.2) is 54.8 Å². The molecule has 0 aliphatic carbocycles. The molecule has 4 aliphatic rings. The number of halogens is 1. The molecule has 136 valence electrons. The van der Waals surface area contributed by atoms with Crippen LogP contribution in [0.2, 0.25) is 5.02 Å². The van der Waals surface area contributed by atoms with Crippen LogP contribution in [-0.2, 0) is 4.74 Å². The van der Waals surface area contributed by atoms with Crippen molar-refractivity contribution in [3.63, 3.8) is 0 Å². The molecule has 0 amide bonds. The van der Waals surface area contributed by atoms with Gasteiger partial charge in [0.25, 0.3) is 6.02 Å². The smallest absolute Gasteiger partial charge is 0.291 e. The third-order valence-electron chi connectivity index (χ3n) is 5.84. The maximum atomic E-state index is 6.31. The van der Waals surface area contributed by atoms with Crippen molar-refractivity contribution < 1.29 is 9.47 Å². The van der Waals surface area contributed by atoms with E-state index in [-0.39, 0.29) is 5.60 Å². The normalized spacial score (nSPS) is 29.7. The van der Waals surface area contributed by atoms with Crippen LogP contribution in [0.15, 0.2) is 29.4 Å². The number of anilines is 1. The third kappa shape index (κ3) is 2.59. The summed E-state index contributed by atoms with van der Waals surface area (Å²) in [5, 5.41) is 5.78. The number of aromatic nitrogens is 1. The molecule has 6 nitrogen and oxygen atoms in total. The van der Waals surface area contributed by atoms with Gasteiger partial charge < -0.3 is 9.47 Å². The number of aliphatic imine (C=N–C) groups is 1. The first kappa shape index (κ1) is 16.1. The Kier molecular flexibility index (Phi) is 3.72. The van der Waals surface area contributed by atoms with E-state index in [4.69, 9.17) is 21.1 Å². The van der Waals surface area contributed by atoms with E-state index in [0.29, 0.717) is 28.5 Å². The standard InChI is InChI=1S/C19H21ClN4O2/c1-25-16-7-13-9-21-17(8-12(13)6-15(16)20)23-18-22-10-19(26-18)11-24-4-2-14(19)3-5-24/h6-9,14H,2-5,10-11H2,1H3,(H,21,22,23). The maximum Gasteiger partial charge on any atom is 0.291 e. The van der Waals surface area contributed by atoms with Crippen molar-refractivity contribution >= 4 is 34.2 Å². The Bertz CT molecular complexity index is 894. The first-order chi connectivity index (χ1) is 12.6. The summed E-state index contributed by atoms with van der Waals surface area (Å²) in [7, 11) is 1.61. The predicted molar refractivity (Wildman–Crippen MR) is 102 cm³/mol. The van der Waals surface area contributed by atoms with Crippen molar-refractivity contribution in [2.24, 2.45) is 10.9 Å². The molecule has 7 heteroatoms. The molecule has 1 atom stereocenters. The topological polar surface area (TPSA) is 59.0 Å². The number of nitrogens with zero attached hydrogens (tertiary/aromatic N) is 3. The number of benzene rings is 1. The predicted octanol–water partition coefficient (Wildman–Crippen LogP) is 3.16. The van der Waals surface area contributed by atoms with Crippen molar-refractivity contribution in [3.05, 3.63) is 29.4 Å². The molecular weight excluding hydrogens is 352 g/mol. The van der Waals surface area contributed by atoms with Crippen molar-refractivity contribution in [2.75, 3.05) is 38.6 Å². The summed E-state index contributed by atoms with van der Waals surface area (Å²) in [6.45, 7) is 4.09. The van der Waals surface area contributed by atoms with Gasteiger partial charge in [-0.05, 0) is 49.5 Å². The van der Waals surface area contributed by atoms with Gasteiger partial charge in [0.15, 0.2) is 0 Å². The molecule has 3 saturated heterocycles. The van der Waals surface area contributed by atoms with E-state index in [1.165, 1.54) is 25.9 Å². The second kappa shape index (κ2) is 5.99. The molecule has 2 aromatic rings. The number of methoxy groups -OCH3 is 1. The lowest BCUT2D eigenvalue weighted by atomic mass is 9.75. The Morgan fingerprint density at radius 1 is 1.27 bits per heavy atom. The first-order valence-corrected chi connectivity index (χ1v) is 9.39. The van der Waals surface area contributed by atoms with Crippen molar-refractivity contribution in [2.45, 2.75) is 18.4 Å². The average molecular weight is 373 g/mol. The highest BCUT2D eigenvalue weighted by Gasteiger charge is 2.51. The summed E-state index contributed by atoms with van der Waals surface area (Å²) in [6.07, 6.45) is 4.21. The van der Waals surface area contributed by atoms with Crippen LogP contribution in [0.25, 0.3) is 10.8 Å². The van der Waals surface area contributed by atoms with Gasteiger partial charge in [0, 0.05) is 24.0 Å². The zero-order valence-electron chi connectivity index (χ0n) is 14.7. The van der Waals surface area contributed by atoms with Crippen LogP contribution in [0.4, 0.5) is 5.82 Å². The van der Waals surface area contributed by atoms with Crippen molar-refractivity contribution in [1.29, 1.82) is 0 Å². The van der Waals surface area contributed by atoms with Crippen LogP contribution >= 0.6 is 11.6 Å². The zero-order chi connectivity index (χ0) is 17.7. The Hall–Kier alpha value is -2.05. The SMILES string of the molecule is COc1cc2cnc(NC3=NCC4(CN5CCC4CC5)O3)cc2cc1Cl. The molecule has 5 heterocycles. The summed E-state index contributed by atoms with van der Waals surface area (Å²) in [6, 6.07) is 6.30. The fraction of sp³-hybridized carbons (Fsp3) is 0.474. The van der Waals surface area contributed by atoms with Crippen LogP contribution in [0.3, 0.4) is 0 Å². The van der Waals surface area contributed by atoms with Crippen LogP contribution in [0.1, 0.15) is 12.8 Å². The molecule has 2 bridgehead atoms. The average Bonchev–Trinajstić information content (AvgIpc) is 3.04. The number of amidine groups is 1. The van der Waals surface area contributed by atoms with Gasteiger partial charge >= 0.3 is 0 Å². The number of nitrogens with one attached hydrogen (secondary N) is 1. The number of ether oxygens (including phenoxy) is 2. The lowest BCUT2D eigenvalue weighted by Crippen LogP contribution is -2.61. The van der Waals surface area contributed by atoms with Gasteiger partial charge in [-0.25, -0.2) is 9.98 Å². The van der Waals surface area contributed by atoms with Gasteiger partial charge in [0.2, 0.25) is 0 Å². The Morgan fingerprint density at radius 3 is 2.85 bits per heavy atom. The molecule has 1 unspecified atom stereocenters. The van der Waals surface area contributed by atoms with Gasteiger partial charge in [-0.15, -0.1) is 0 Å². The largest absolute Gasteiger partial charge is 0.495 e. The fourth-order valence-electron chi connectivity index (χ4n) is 4.43. The summed E-state index contributed by atoms with van der Waals surface area (Å²) < 4.78 is 11.6. The summed E-state index contributed by atoms with van der Waals surface area (Å²) in [5.41, 5.74) is -0.146. The molecule has 6 rings (SSSR count). The van der Waals surface area contributed by atoms with E-state index in [1.54, 1.807) is 13.3 Å². The molecular formula is C19H21ClN4O2. The highest BCUT2D eigenvalue weighted by atomic mass is 35.5. The monoisotopic (exact) mass is 372 g/mol. The van der Waals surface area contributed by atoms with E-state index in [0.717, 1.165) is 23.9 Å². The summed E-state index contributed by atoms with van der Waals surface area (Å²) >= 11 is 6.24. The van der Waals surface area contributed by atoms with Gasteiger partial charge in [-0.1, -0.05) is 11.6 Å². The minimum absolute atomic E-state index is 0.146. The molecule has 1 aromatic heterocycles. The number of pyridine rings is 1. The molecule has 0 radical (unpaired) electrons. The molecule has 0 saturated carbocycles. The lowest BCUT2D eigenvalue weighted by Gasteiger charge is -2.50. The third-order valence-corrected chi connectivity index (χ3v) is 6.14. The second-order valence-electron chi connectivity index (χ2n) is 7.37. The quantitative estimate of drug-likeness (QED) is 0.877. The summed E-state index contributed by atoms with van der Waals surface area (Å²) in [4.78, 5) is 11.6. The van der Waals surface area contributed by atoms with E-state index < -0.39 is 0 Å². The number of piperidine rings is 3. The molecule has 3 fully saturated rings. The maximum absolute atomic E-state index is 6.31. The van der Waals surface area contributed by atoms with E-state index in [9.17, 15) is 0 Å². The van der Waals surface area contributed by atoms with Gasteiger partial charge in [0.1, 0.15) is 17.2 Å². The van der Waals surface area contributed by atoms with Crippen LogP contribution < -0.4 is 10.1 Å². The van der Waals surface area contributed by atoms with E-state index >= 15 is 0 Å². The second-order valence-corrected chi connectivity index (χ2v) is 7.77. The van der Waals surface area contributed by atoms with Gasteiger partial charge in [-0.3, -0.25) is 10.2 Å². The van der Waals surface area contributed by atoms with Crippen LogP contribution in [0.5, 0.6) is 5.75 Å². The zero-order valence-corrected chi connectivity index (χ0v) is 15.4. The van der Waals surface area contributed by atoms with E-state index in [1.807, 2.05) is 18.2 Å². The number of rotatable bonds is 2. The molecule has 1 N–H and O–H groups in total.